The Hall–Kier alpha value is -3.19. The van der Waals surface area contributed by atoms with Crippen LogP contribution in [0.4, 0.5) is 5.69 Å². The quantitative estimate of drug-likeness (QED) is 0.677. The summed E-state index contributed by atoms with van der Waals surface area (Å²) in [6, 6.07) is 15.5. The van der Waals surface area contributed by atoms with Crippen molar-refractivity contribution in [3.05, 3.63) is 59.7 Å². The fraction of sp³-hybridized carbons (Fsp3) is 0.400. The number of ketones is 1. The third-order valence-electron chi connectivity index (χ3n) is 6.05. The molecule has 4 rings (SSSR count). The molecule has 1 fully saturated rings. The Balaban J connectivity index is 1.33. The molecule has 1 N–H and O–H groups in total. The molecule has 0 saturated carbocycles. The summed E-state index contributed by atoms with van der Waals surface area (Å²) in [5.41, 5.74) is 2.29. The molecule has 2 aromatic rings. The first-order valence-corrected chi connectivity index (χ1v) is 11.2. The molecule has 0 unspecified atom stereocenters. The van der Waals surface area contributed by atoms with Crippen molar-refractivity contribution >= 4 is 23.3 Å². The normalized spacial score (nSPS) is 16.9. The summed E-state index contributed by atoms with van der Waals surface area (Å²) in [5, 5.41) is 3.08. The van der Waals surface area contributed by atoms with Crippen LogP contribution in [0.15, 0.2) is 48.5 Å². The summed E-state index contributed by atoms with van der Waals surface area (Å²) in [7, 11) is 0. The van der Waals surface area contributed by atoms with Crippen LogP contribution in [0.3, 0.4) is 0 Å². The lowest BCUT2D eigenvalue weighted by Crippen LogP contribution is -2.49. The van der Waals surface area contributed by atoms with E-state index in [2.05, 4.69) is 34.5 Å². The number of Topliss-reactive ketones (excluding diaryl/α,β-unsaturated/α-hetero) is 1. The highest BCUT2D eigenvalue weighted by molar-refractivity contribution is 6.04. The van der Waals surface area contributed by atoms with Gasteiger partial charge in [-0.3, -0.25) is 24.2 Å². The van der Waals surface area contributed by atoms with Gasteiger partial charge in [-0.05, 0) is 36.6 Å². The molecule has 7 heteroatoms. The first kappa shape index (κ1) is 22.0. The Morgan fingerprint density at radius 1 is 1.09 bits per heavy atom. The number of likely N-dealkylation sites (tertiary alicyclic amines) is 1. The van der Waals surface area contributed by atoms with Crippen LogP contribution in [-0.4, -0.2) is 54.8 Å². The van der Waals surface area contributed by atoms with Gasteiger partial charge >= 0.3 is 0 Å². The topological polar surface area (TPSA) is 79.0 Å². The van der Waals surface area contributed by atoms with Crippen molar-refractivity contribution in [3.8, 4) is 5.75 Å². The van der Waals surface area contributed by atoms with E-state index in [-0.39, 0.29) is 36.8 Å². The molecule has 168 valence electrons. The number of amides is 2. The third kappa shape index (κ3) is 5.16. The highest BCUT2D eigenvalue weighted by Gasteiger charge is 2.29. The molecule has 2 aliphatic heterocycles. The van der Waals surface area contributed by atoms with E-state index in [9.17, 15) is 14.4 Å². The smallest absolute Gasteiger partial charge is 0.265 e. The molecule has 0 spiro atoms. The van der Waals surface area contributed by atoms with Crippen molar-refractivity contribution in [2.24, 2.45) is 0 Å². The van der Waals surface area contributed by atoms with Crippen LogP contribution >= 0.6 is 0 Å². The van der Waals surface area contributed by atoms with Crippen molar-refractivity contribution in [2.75, 3.05) is 31.1 Å². The van der Waals surface area contributed by atoms with Crippen molar-refractivity contribution < 1.29 is 19.1 Å². The van der Waals surface area contributed by atoms with Gasteiger partial charge < -0.3 is 10.1 Å². The Morgan fingerprint density at radius 2 is 1.84 bits per heavy atom. The molecule has 2 amide bonds. The van der Waals surface area contributed by atoms with Gasteiger partial charge in [0.25, 0.3) is 5.91 Å². The predicted octanol–water partition coefficient (Wildman–Crippen LogP) is 2.79. The number of hydrogen-bond acceptors (Lipinski definition) is 5. The lowest BCUT2D eigenvalue weighted by Gasteiger charge is -2.33. The molecule has 0 bridgehead atoms. The van der Waals surface area contributed by atoms with Gasteiger partial charge in [-0.2, -0.15) is 0 Å². The van der Waals surface area contributed by atoms with Gasteiger partial charge in [-0.15, -0.1) is 0 Å². The van der Waals surface area contributed by atoms with Crippen molar-refractivity contribution in [1.29, 1.82) is 0 Å². The maximum absolute atomic E-state index is 12.8. The number of carbonyl (C=O) groups excluding carboxylic acids is 3. The summed E-state index contributed by atoms with van der Waals surface area (Å²) in [6.45, 7) is 4.35. The second kappa shape index (κ2) is 9.96. The number of rotatable bonds is 7. The second-order valence-electron chi connectivity index (χ2n) is 8.33. The van der Waals surface area contributed by atoms with E-state index in [1.54, 1.807) is 25.1 Å². The van der Waals surface area contributed by atoms with Gasteiger partial charge in [0.15, 0.2) is 12.4 Å². The van der Waals surface area contributed by atoms with E-state index in [0.717, 1.165) is 32.5 Å². The Morgan fingerprint density at radius 3 is 2.56 bits per heavy atom. The molecule has 0 atom stereocenters. The Kier molecular flexibility index (Phi) is 6.85. The van der Waals surface area contributed by atoms with Gasteiger partial charge in [0, 0.05) is 37.7 Å². The summed E-state index contributed by atoms with van der Waals surface area (Å²) >= 11 is 0. The van der Waals surface area contributed by atoms with Gasteiger partial charge in [-0.1, -0.05) is 37.3 Å². The molecule has 0 radical (unpaired) electrons. The monoisotopic (exact) mass is 435 g/mol. The molecule has 0 aromatic heterocycles. The van der Waals surface area contributed by atoms with E-state index < -0.39 is 0 Å². The minimum atomic E-state index is -0.286. The number of fused-ring (bicyclic) bond motifs is 1. The van der Waals surface area contributed by atoms with Crippen LogP contribution in [0, 0.1) is 0 Å². The molecule has 2 aromatic carbocycles. The third-order valence-corrected chi connectivity index (χ3v) is 6.05. The predicted molar refractivity (Wildman–Crippen MR) is 122 cm³/mol. The molecule has 1 saturated heterocycles. The number of nitrogens with zero attached hydrogens (tertiary/aromatic N) is 2. The van der Waals surface area contributed by atoms with E-state index in [0.29, 0.717) is 23.4 Å². The number of ether oxygens (including phenoxy) is 1. The maximum Gasteiger partial charge on any atom is 0.265 e. The minimum absolute atomic E-state index is 0.0162. The van der Waals surface area contributed by atoms with Crippen molar-refractivity contribution in [2.45, 2.75) is 38.8 Å². The maximum atomic E-state index is 12.8. The van der Waals surface area contributed by atoms with Crippen LogP contribution in [0.5, 0.6) is 5.75 Å². The first-order chi connectivity index (χ1) is 15.5. The number of hydrogen-bond donors (Lipinski definition) is 1. The van der Waals surface area contributed by atoms with E-state index in [1.807, 2.05) is 6.07 Å². The van der Waals surface area contributed by atoms with Gasteiger partial charge in [-0.25, -0.2) is 0 Å². The second-order valence-corrected chi connectivity index (χ2v) is 8.33. The minimum Gasteiger partial charge on any atom is -0.482 e. The molecular formula is C25H29N3O4. The van der Waals surface area contributed by atoms with E-state index in [1.165, 1.54) is 10.5 Å². The highest BCUT2D eigenvalue weighted by Crippen LogP contribution is 2.33. The zero-order valence-electron chi connectivity index (χ0n) is 18.4. The number of anilines is 1. The lowest BCUT2D eigenvalue weighted by molar-refractivity contribution is -0.125. The van der Waals surface area contributed by atoms with Gasteiger partial charge in [0.2, 0.25) is 5.91 Å². The molecule has 7 nitrogen and oxygen atoms in total. The number of nitrogens with one attached hydrogen (secondary N) is 1. The Bertz CT molecular complexity index is 984. The van der Waals surface area contributed by atoms with Crippen LogP contribution in [0.25, 0.3) is 0 Å². The lowest BCUT2D eigenvalue weighted by atomic mass is 10.0. The molecule has 2 aliphatic rings. The molecule has 32 heavy (non-hydrogen) atoms. The van der Waals surface area contributed by atoms with E-state index in [4.69, 9.17) is 4.74 Å². The number of benzene rings is 2. The summed E-state index contributed by atoms with van der Waals surface area (Å²) in [5.74, 6) is 0.0168. The Labute approximate surface area is 188 Å². The van der Waals surface area contributed by atoms with Crippen molar-refractivity contribution in [1.82, 2.24) is 10.2 Å². The highest BCUT2D eigenvalue weighted by atomic mass is 16.5. The summed E-state index contributed by atoms with van der Waals surface area (Å²) in [6.07, 6.45) is 2.12. The largest absolute Gasteiger partial charge is 0.482 e. The number of piperidine rings is 1. The fourth-order valence-electron chi connectivity index (χ4n) is 4.25. The zero-order chi connectivity index (χ0) is 22.5. The van der Waals surface area contributed by atoms with Crippen LogP contribution in [-0.2, 0) is 16.1 Å². The van der Waals surface area contributed by atoms with Gasteiger partial charge in [0.05, 0.1) is 5.69 Å². The molecule has 0 aliphatic carbocycles. The standard InChI is InChI=1S/C25H29N3O4/c1-2-22(29)19-8-9-23-21(14-19)28(25(31)17-32-23)16-24(30)26-20-10-12-27(13-11-20)15-18-6-4-3-5-7-18/h3-9,14,20H,2,10-13,15-17H2,1H3,(H,26,30). The number of carbonyl (C=O) groups is 3. The SMILES string of the molecule is CCC(=O)c1ccc2c(c1)N(CC(=O)NC1CCN(Cc3ccccc3)CC1)C(=O)CO2. The molecule has 2 heterocycles. The fourth-order valence-corrected chi connectivity index (χ4v) is 4.25. The average Bonchev–Trinajstić information content (AvgIpc) is 2.82. The van der Waals surface area contributed by atoms with Crippen LogP contribution in [0.1, 0.15) is 42.1 Å². The average molecular weight is 436 g/mol. The van der Waals surface area contributed by atoms with Crippen LogP contribution in [0.2, 0.25) is 0 Å². The van der Waals surface area contributed by atoms with Crippen LogP contribution < -0.4 is 15.0 Å². The summed E-state index contributed by atoms with van der Waals surface area (Å²) < 4.78 is 5.49. The molecular weight excluding hydrogens is 406 g/mol. The zero-order valence-corrected chi connectivity index (χ0v) is 18.4. The van der Waals surface area contributed by atoms with Gasteiger partial charge in [0.1, 0.15) is 12.3 Å². The van der Waals surface area contributed by atoms with E-state index >= 15 is 0 Å². The van der Waals surface area contributed by atoms with Crippen molar-refractivity contribution in [3.63, 3.8) is 0 Å². The first-order valence-electron chi connectivity index (χ1n) is 11.2. The summed E-state index contributed by atoms with van der Waals surface area (Å²) in [4.78, 5) is 41.1.